The third-order valence-electron chi connectivity index (χ3n) is 2.62. The summed E-state index contributed by atoms with van der Waals surface area (Å²) >= 11 is 0. The molecule has 0 unspecified atom stereocenters. The van der Waals surface area contributed by atoms with Crippen molar-refractivity contribution in [1.82, 2.24) is 0 Å². The van der Waals surface area contributed by atoms with Crippen LogP contribution in [0.25, 0.3) is 0 Å². The van der Waals surface area contributed by atoms with Gasteiger partial charge in [-0.1, -0.05) is 24.8 Å². The van der Waals surface area contributed by atoms with Gasteiger partial charge in [0.25, 0.3) is 5.60 Å². The number of rotatable bonds is 6. The van der Waals surface area contributed by atoms with E-state index < -0.39 is 23.3 Å². The lowest BCUT2D eigenvalue weighted by atomic mass is 9.93. The fourth-order valence-corrected chi connectivity index (χ4v) is 1.58. The topological polar surface area (TPSA) is 55.8 Å². The van der Waals surface area contributed by atoms with Gasteiger partial charge in [-0.15, -0.1) is 0 Å². The van der Waals surface area contributed by atoms with Crippen molar-refractivity contribution in [1.29, 1.82) is 0 Å². The van der Waals surface area contributed by atoms with Gasteiger partial charge in [0.15, 0.2) is 0 Å². The van der Waals surface area contributed by atoms with E-state index in [2.05, 4.69) is 11.3 Å². The van der Waals surface area contributed by atoms with E-state index in [1.165, 1.54) is 25.1 Å². The van der Waals surface area contributed by atoms with E-state index in [1.807, 2.05) is 0 Å². The molecule has 0 heterocycles. The smallest absolute Gasteiger partial charge is 0.432 e. The minimum Gasteiger partial charge on any atom is -0.490 e. The predicted octanol–water partition coefficient (Wildman–Crippen LogP) is 2.56. The summed E-state index contributed by atoms with van der Waals surface area (Å²) < 4.78 is 48.7. The molecular weight excluding hydrogens is 289 g/mol. The van der Waals surface area contributed by atoms with Gasteiger partial charge in [-0.25, -0.2) is 4.79 Å². The van der Waals surface area contributed by atoms with Crippen molar-refractivity contribution in [3.8, 4) is 5.75 Å². The third-order valence-corrected chi connectivity index (χ3v) is 2.62. The van der Waals surface area contributed by atoms with Crippen LogP contribution in [0.3, 0.4) is 0 Å². The molecule has 0 radical (unpaired) electrons. The van der Waals surface area contributed by atoms with E-state index >= 15 is 0 Å². The molecule has 7 heteroatoms. The van der Waals surface area contributed by atoms with Crippen LogP contribution in [-0.4, -0.2) is 30.5 Å². The van der Waals surface area contributed by atoms with Crippen LogP contribution in [0.4, 0.5) is 13.2 Å². The van der Waals surface area contributed by atoms with Gasteiger partial charge >= 0.3 is 12.1 Å². The molecule has 0 aliphatic rings. The lowest BCUT2D eigenvalue weighted by molar-refractivity contribution is -0.267. The van der Waals surface area contributed by atoms with Gasteiger partial charge in [-0.05, 0) is 19.1 Å². The number of halogens is 3. The summed E-state index contributed by atoms with van der Waals surface area (Å²) in [4.78, 5) is 11.5. The number of hydrogen-bond donors (Lipinski definition) is 1. The quantitative estimate of drug-likeness (QED) is 0.648. The zero-order chi connectivity index (χ0) is 16.1. The molecule has 0 bridgehead atoms. The number of hydrogen-bond acceptors (Lipinski definition) is 4. The highest BCUT2D eigenvalue weighted by Gasteiger charge is 2.62. The zero-order valence-electron chi connectivity index (χ0n) is 11.3. The number of aliphatic hydroxyl groups is 1. The van der Waals surface area contributed by atoms with Crippen LogP contribution in [0.5, 0.6) is 5.75 Å². The highest BCUT2D eigenvalue weighted by Crippen LogP contribution is 2.40. The minimum absolute atomic E-state index is 0.181. The number of ether oxygens (including phenoxy) is 2. The van der Waals surface area contributed by atoms with E-state index in [0.29, 0.717) is 0 Å². The van der Waals surface area contributed by atoms with E-state index in [0.717, 1.165) is 12.1 Å². The Kier molecular flexibility index (Phi) is 5.37. The van der Waals surface area contributed by atoms with Crippen molar-refractivity contribution in [3.63, 3.8) is 0 Å². The number of carbonyl (C=O) groups excluding carboxylic acids is 1. The summed E-state index contributed by atoms with van der Waals surface area (Å²) in [6, 6.07) is 4.36. The minimum atomic E-state index is -5.21. The summed E-state index contributed by atoms with van der Waals surface area (Å²) in [6.07, 6.45) is -3.73. The molecule has 0 spiro atoms. The molecule has 1 rings (SSSR count). The molecule has 0 aromatic heterocycles. The van der Waals surface area contributed by atoms with E-state index in [-0.39, 0.29) is 19.0 Å². The SMILES string of the molecule is C=CCOc1ccc([C@@](O)(C(=O)OCC)C(F)(F)F)cc1. The third kappa shape index (κ3) is 3.55. The Balaban J connectivity index is 3.15. The van der Waals surface area contributed by atoms with Gasteiger partial charge < -0.3 is 14.6 Å². The highest BCUT2D eigenvalue weighted by molar-refractivity contribution is 5.82. The van der Waals surface area contributed by atoms with Crippen molar-refractivity contribution in [2.75, 3.05) is 13.2 Å². The van der Waals surface area contributed by atoms with E-state index in [4.69, 9.17) is 4.74 Å². The average molecular weight is 304 g/mol. The van der Waals surface area contributed by atoms with Crippen LogP contribution in [0.15, 0.2) is 36.9 Å². The molecule has 0 aliphatic carbocycles. The molecule has 0 amide bonds. The molecule has 1 aromatic rings. The summed E-state index contributed by atoms with van der Waals surface area (Å²) in [5, 5.41) is 9.83. The van der Waals surface area contributed by atoms with Gasteiger partial charge in [0.1, 0.15) is 12.4 Å². The van der Waals surface area contributed by atoms with Crippen molar-refractivity contribution in [2.45, 2.75) is 18.7 Å². The molecular formula is C14H15F3O4. The van der Waals surface area contributed by atoms with Gasteiger partial charge in [-0.3, -0.25) is 0 Å². The molecule has 116 valence electrons. The van der Waals surface area contributed by atoms with E-state index in [1.54, 1.807) is 0 Å². The molecule has 0 aliphatic heterocycles. The average Bonchev–Trinajstić information content (AvgIpc) is 2.43. The number of carbonyl (C=O) groups is 1. The summed E-state index contributed by atoms with van der Waals surface area (Å²) in [6.45, 7) is 4.68. The Bertz CT molecular complexity index is 496. The molecule has 4 nitrogen and oxygen atoms in total. The number of benzene rings is 1. The number of esters is 1. The second kappa shape index (κ2) is 6.62. The molecule has 1 atom stereocenters. The van der Waals surface area contributed by atoms with Crippen LogP contribution in [-0.2, 0) is 15.1 Å². The summed E-state index contributed by atoms with van der Waals surface area (Å²) in [5.74, 6) is -1.48. The molecule has 0 fully saturated rings. The van der Waals surface area contributed by atoms with Crippen LogP contribution in [0, 0.1) is 0 Å². The molecule has 0 saturated heterocycles. The monoisotopic (exact) mass is 304 g/mol. The largest absolute Gasteiger partial charge is 0.490 e. The van der Waals surface area contributed by atoms with Gasteiger partial charge in [0.2, 0.25) is 0 Å². The van der Waals surface area contributed by atoms with Crippen LogP contribution < -0.4 is 4.74 Å². The maximum Gasteiger partial charge on any atom is 0.432 e. The first-order chi connectivity index (χ1) is 9.77. The zero-order valence-corrected chi connectivity index (χ0v) is 11.3. The van der Waals surface area contributed by atoms with Crippen molar-refractivity contribution in [2.24, 2.45) is 0 Å². The predicted molar refractivity (Wildman–Crippen MR) is 68.7 cm³/mol. The highest BCUT2D eigenvalue weighted by atomic mass is 19.4. The standard InChI is InChI=1S/C14H15F3O4/c1-3-9-21-11-7-5-10(6-8-11)13(19,14(15,16)17)12(18)20-4-2/h3,5-8,19H,1,4,9H2,2H3/t13-/m1/s1. The normalized spacial score (nSPS) is 14.1. The fraction of sp³-hybridized carbons (Fsp3) is 0.357. The second-order valence-electron chi connectivity index (χ2n) is 4.05. The summed E-state index contributed by atoms with van der Waals surface area (Å²) in [7, 11) is 0. The maximum absolute atomic E-state index is 13.1. The second-order valence-corrected chi connectivity index (χ2v) is 4.05. The van der Waals surface area contributed by atoms with Crippen molar-refractivity contribution >= 4 is 5.97 Å². The lowest BCUT2D eigenvalue weighted by Crippen LogP contribution is -2.50. The summed E-state index contributed by atoms with van der Waals surface area (Å²) in [5.41, 5.74) is -4.35. The Morgan fingerprint density at radius 3 is 2.33 bits per heavy atom. The number of alkyl halides is 3. The fourth-order valence-electron chi connectivity index (χ4n) is 1.58. The maximum atomic E-state index is 13.1. The lowest BCUT2D eigenvalue weighted by Gasteiger charge is -2.28. The Labute approximate surface area is 119 Å². The van der Waals surface area contributed by atoms with Crippen LogP contribution in [0.1, 0.15) is 12.5 Å². The van der Waals surface area contributed by atoms with Gasteiger partial charge in [0.05, 0.1) is 6.61 Å². The first kappa shape index (κ1) is 17.0. The Morgan fingerprint density at radius 2 is 1.90 bits per heavy atom. The molecule has 1 aromatic carbocycles. The van der Waals surface area contributed by atoms with Crippen LogP contribution in [0.2, 0.25) is 0 Å². The van der Waals surface area contributed by atoms with E-state index in [9.17, 15) is 23.1 Å². The van der Waals surface area contributed by atoms with Crippen molar-refractivity contribution in [3.05, 3.63) is 42.5 Å². The molecule has 21 heavy (non-hydrogen) atoms. The Hall–Kier alpha value is -2.02. The van der Waals surface area contributed by atoms with Gasteiger partial charge in [-0.2, -0.15) is 13.2 Å². The molecule has 1 N–H and O–H groups in total. The molecule has 0 saturated carbocycles. The first-order valence-electron chi connectivity index (χ1n) is 6.08. The van der Waals surface area contributed by atoms with Gasteiger partial charge in [0, 0.05) is 5.56 Å². The first-order valence-corrected chi connectivity index (χ1v) is 6.08. The Morgan fingerprint density at radius 1 is 1.33 bits per heavy atom. The van der Waals surface area contributed by atoms with Crippen LogP contribution >= 0.6 is 0 Å². The van der Waals surface area contributed by atoms with Crippen molar-refractivity contribution < 1.29 is 32.5 Å².